The molecule has 0 aliphatic heterocycles. The molecule has 6 nitrogen and oxygen atoms in total. The van der Waals surface area contributed by atoms with Crippen LogP contribution >= 0.6 is 0 Å². The van der Waals surface area contributed by atoms with Crippen molar-refractivity contribution in [3.63, 3.8) is 0 Å². The van der Waals surface area contributed by atoms with Gasteiger partial charge in [-0.25, -0.2) is 10.2 Å². The molecule has 0 aromatic carbocycles. The summed E-state index contributed by atoms with van der Waals surface area (Å²) in [4.78, 5) is 8.35. The van der Waals surface area contributed by atoms with Crippen LogP contribution in [0.15, 0.2) is 0 Å². The Morgan fingerprint density at radius 2 is 1.41 bits per heavy atom. The first-order valence-corrected chi connectivity index (χ1v) is 7.59. The van der Waals surface area contributed by atoms with Gasteiger partial charge in [-0.3, -0.25) is 0 Å². The largest absolute Gasteiger partial charge is 0.518 e. The van der Waals surface area contributed by atoms with Gasteiger partial charge in [0.05, 0.1) is 5.67 Å². The van der Waals surface area contributed by atoms with E-state index in [0.717, 1.165) is 12.5 Å². The third-order valence-electron chi connectivity index (χ3n) is 1.93. The molecule has 0 amide bonds. The van der Waals surface area contributed by atoms with Gasteiger partial charge in [-0.05, 0) is 27.2 Å². The second-order valence-electron chi connectivity index (χ2n) is 3.02. The molecule has 0 aromatic rings. The van der Waals surface area contributed by atoms with Crippen LogP contribution in [0.1, 0.15) is 34.1 Å². The number of nitrogens with two attached hydrogens (primary N) is 1. The van der Waals surface area contributed by atoms with Gasteiger partial charge in [-0.1, -0.05) is 6.92 Å². The van der Waals surface area contributed by atoms with Gasteiger partial charge in [0.25, 0.3) is 0 Å². The second-order valence-corrected chi connectivity index (χ2v) is 5.83. The minimum atomic E-state index is -2.62. The van der Waals surface area contributed by atoms with E-state index in [9.17, 15) is 0 Å². The summed E-state index contributed by atoms with van der Waals surface area (Å²) in [5.41, 5.74) is 5.87. The van der Waals surface area contributed by atoms with Crippen molar-refractivity contribution in [2.75, 3.05) is 19.8 Å². The van der Waals surface area contributed by atoms with Gasteiger partial charge in [0.1, 0.15) is 0 Å². The van der Waals surface area contributed by atoms with Crippen molar-refractivity contribution >= 4 is 14.9 Å². The average molecular weight is 264 g/mol. The van der Waals surface area contributed by atoms with Crippen LogP contribution in [-0.2, 0) is 18.1 Å². The lowest BCUT2D eigenvalue weighted by Gasteiger charge is -2.32. The highest BCUT2D eigenvalue weighted by Gasteiger charge is 2.46. The predicted octanol–water partition coefficient (Wildman–Crippen LogP) is 1.21. The number of hydrogen-bond donors (Lipinski definition) is 2. The molecular weight excluding hydrogens is 240 g/mol. The monoisotopic (exact) mass is 264 g/mol. The summed E-state index contributed by atoms with van der Waals surface area (Å²) >= 11 is 0. The molecule has 0 bridgehead atoms. The molecule has 0 spiro atoms. The molecule has 0 heterocycles. The highest BCUT2D eigenvalue weighted by Crippen LogP contribution is 2.15. The molecule has 0 aromatic heterocycles. The highest BCUT2D eigenvalue weighted by molar-refractivity contribution is 6.62. The Morgan fingerprint density at radius 1 is 1.12 bits per heavy atom. The normalized spacial score (nSPS) is 12.3. The standard InChI is InChI=1S/C9H23NO3Si.CHNO/c1-5-9(10)14(11-6-2,12-7-3)13-8-4;2-1-3/h9H,5-8,10H2,1-4H3;2H. The van der Waals surface area contributed by atoms with Crippen LogP contribution in [0.5, 0.6) is 0 Å². The molecule has 0 aliphatic rings. The van der Waals surface area contributed by atoms with E-state index in [0.29, 0.717) is 19.8 Å². The number of rotatable bonds is 8. The van der Waals surface area contributed by atoms with Crippen LogP contribution in [0.2, 0.25) is 0 Å². The van der Waals surface area contributed by atoms with Gasteiger partial charge in [0.2, 0.25) is 6.08 Å². The molecule has 17 heavy (non-hydrogen) atoms. The molecule has 3 N–H and O–H groups in total. The zero-order valence-corrected chi connectivity index (χ0v) is 12.1. The number of isocyanates is 1. The summed E-state index contributed by atoms with van der Waals surface area (Å²) in [5, 5.41) is 5.40. The van der Waals surface area contributed by atoms with E-state index < -0.39 is 8.80 Å². The maximum atomic E-state index is 8.35. The summed E-state index contributed by atoms with van der Waals surface area (Å²) in [7, 11) is -2.62. The molecule has 0 saturated carbocycles. The van der Waals surface area contributed by atoms with E-state index in [-0.39, 0.29) is 5.67 Å². The topological polar surface area (TPSA) is 94.6 Å². The van der Waals surface area contributed by atoms with E-state index >= 15 is 0 Å². The maximum absolute atomic E-state index is 8.35. The first-order valence-electron chi connectivity index (χ1n) is 5.79. The fourth-order valence-electron chi connectivity index (χ4n) is 1.30. The smallest absolute Gasteiger partial charge is 0.373 e. The lowest BCUT2D eigenvalue weighted by atomic mass is 10.5. The zero-order chi connectivity index (χ0) is 13.7. The molecule has 0 rings (SSSR count). The fraction of sp³-hybridized carbons (Fsp3) is 0.900. The molecule has 7 heteroatoms. The SMILES string of the molecule is CCO[Si](OCC)(OCC)C(N)CC.N=C=O. The summed E-state index contributed by atoms with van der Waals surface area (Å²) < 4.78 is 16.9. The van der Waals surface area contributed by atoms with Crippen molar-refractivity contribution in [3.05, 3.63) is 0 Å². The first kappa shape index (κ1) is 18.8. The van der Waals surface area contributed by atoms with Gasteiger partial charge in [-0.2, -0.15) is 0 Å². The molecule has 0 saturated heterocycles. The Bertz CT molecular complexity index is 193. The van der Waals surface area contributed by atoms with E-state index in [2.05, 4.69) is 0 Å². The van der Waals surface area contributed by atoms with E-state index in [1.54, 1.807) is 0 Å². The minimum absolute atomic E-state index is 0.123. The highest BCUT2D eigenvalue weighted by atomic mass is 28.4. The van der Waals surface area contributed by atoms with Crippen LogP contribution in [0.3, 0.4) is 0 Å². The third-order valence-corrected chi connectivity index (χ3v) is 5.32. The lowest BCUT2D eigenvalue weighted by molar-refractivity contribution is 0.0618. The summed E-state index contributed by atoms with van der Waals surface area (Å²) in [6, 6.07) is 0. The molecule has 0 aliphatic carbocycles. The maximum Gasteiger partial charge on any atom is 0.518 e. The Kier molecular flexibility index (Phi) is 13.2. The molecule has 102 valence electrons. The van der Waals surface area contributed by atoms with Gasteiger partial charge < -0.3 is 19.0 Å². The van der Waals surface area contributed by atoms with Crippen molar-refractivity contribution < 1.29 is 18.1 Å². The van der Waals surface area contributed by atoms with Gasteiger partial charge in [0, 0.05) is 19.8 Å². The van der Waals surface area contributed by atoms with E-state index in [4.69, 9.17) is 29.2 Å². The van der Waals surface area contributed by atoms with Crippen LogP contribution in [-0.4, -0.2) is 40.4 Å². The predicted molar refractivity (Wildman–Crippen MR) is 67.3 cm³/mol. The summed E-state index contributed by atoms with van der Waals surface area (Å²) in [6.45, 7) is 9.57. The first-order chi connectivity index (χ1) is 8.08. The Labute approximate surface area is 104 Å². The van der Waals surface area contributed by atoms with Crippen molar-refractivity contribution in [2.45, 2.75) is 39.8 Å². The van der Waals surface area contributed by atoms with Crippen molar-refractivity contribution in [3.8, 4) is 0 Å². The number of carbonyl (C=O) groups excluding carboxylic acids is 1. The van der Waals surface area contributed by atoms with Crippen LogP contribution < -0.4 is 5.73 Å². The van der Waals surface area contributed by atoms with Gasteiger partial charge >= 0.3 is 8.80 Å². The quantitative estimate of drug-likeness (QED) is 0.390. The Morgan fingerprint density at radius 3 is 1.59 bits per heavy atom. The van der Waals surface area contributed by atoms with Crippen LogP contribution in [0, 0.1) is 5.41 Å². The summed E-state index contributed by atoms with van der Waals surface area (Å²) in [5.74, 6) is 0. The molecule has 0 radical (unpaired) electrons. The molecule has 1 atom stereocenters. The van der Waals surface area contributed by atoms with Gasteiger partial charge in [-0.15, -0.1) is 0 Å². The van der Waals surface area contributed by atoms with Gasteiger partial charge in [0.15, 0.2) is 0 Å². The Hall–Kier alpha value is -0.563. The molecule has 0 fully saturated rings. The van der Waals surface area contributed by atoms with E-state index in [1.807, 2.05) is 27.7 Å². The van der Waals surface area contributed by atoms with Crippen LogP contribution in [0.4, 0.5) is 0 Å². The molecule has 1 unspecified atom stereocenters. The minimum Gasteiger partial charge on any atom is -0.373 e. The van der Waals surface area contributed by atoms with E-state index in [1.165, 1.54) is 0 Å². The number of hydrogen-bond acceptors (Lipinski definition) is 6. The zero-order valence-electron chi connectivity index (χ0n) is 11.1. The van der Waals surface area contributed by atoms with Crippen molar-refractivity contribution in [1.29, 1.82) is 5.41 Å². The lowest BCUT2D eigenvalue weighted by Crippen LogP contribution is -2.60. The average Bonchev–Trinajstić information content (AvgIpc) is 2.30. The van der Waals surface area contributed by atoms with Crippen molar-refractivity contribution in [1.82, 2.24) is 0 Å². The Balaban J connectivity index is 0. The number of nitrogens with one attached hydrogen (secondary N) is 1. The summed E-state index contributed by atoms with van der Waals surface area (Å²) in [6.07, 6.45) is 1.56. The second kappa shape index (κ2) is 11.9. The van der Waals surface area contributed by atoms with Crippen molar-refractivity contribution in [2.24, 2.45) is 5.73 Å². The molecular formula is C10H24N2O4Si. The third kappa shape index (κ3) is 7.38. The fourth-order valence-corrected chi connectivity index (χ4v) is 3.90. The van der Waals surface area contributed by atoms with Crippen LogP contribution in [0.25, 0.3) is 0 Å².